The summed E-state index contributed by atoms with van der Waals surface area (Å²) in [6, 6.07) is 7.61. The maximum Gasteiger partial charge on any atom is 0.251 e. The number of carbonyl (C=O) groups is 1. The van der Waals surface area contributed by atoms with Crippen molar-refractivity contribution in [2.45, 2.75) is 67.7 Å². The Morgan fingerprint density at radius 3 is 2.68 bits per heavy atom. The molecule has 9 nitrogen and oxygen atoms in total. The van der Waals surface area contributed by atoms with Crippen molar-refractivity contribution < 1.29 is 33.9 Å². The SMILES string of the molecule is COc1ccc(C(=O)N[C@H]2CC[C@@]3(O)[C@H]4Cc5ccc(O)c6c5C3(CC[N+]4([O-])CC3CC3)[C@H]2O6)cc1OC. The van der Waals surface area contributed by atoms with Gasteiger partial charge in [-0.15, -0.1) is 0 Å². The van der Waals surface area contributed by atoms with Crippen LogP contribution in [-0.4, -0.2) is 71.9 Å². The van der Waals surface area contributed by atoms with E-state index in [1.807, 2.05) is 6.07 Å². The number of phenolic OH excluding ortho intramolecular Hbond substituents is 1. The molecule has 1 amide bonds. The zero-order chi connectivity index (χ0) is 26.4. The Balaban J connectivity index is 1.27. The van der Waals surface area contributed by atoms with E-state index in [1.54, 1.807) is 31.4 Å². The van der Waals surface area contributed by atoms with Gasteiger partial charge in [0.25, 0.3) is 5.91 Å². The number of quaternary nitrogens is 1. The summed E-state index contributed by atoms with van der Waals surface area (Å²) in [6.07, 6.45) is 3.35. The quantitative estimate of drug-likeness (QED) is 0.394. The van der Waals surface area contributed by atoms with Crippen molar-refractivity contribution in [2.75, 3.05) is 27.3 Å². The van der Waals surface area contributed by atoms with Gasteiger partial charge in [0.15, 0.2) is 23.0 Å². The summed E-state index contributed by atoms with van der Waals surface area (Å²) >= 11 is 0. The van der Waals surface area contributed by atoms with E-state index in [1.165, 1.54) is 7.11 Å². The van der Waals surface area contributed by atoms with Gasteiger partial charge < -0.3 is 39.6 Å². The first kappa shape index (κ1) is 24.1. The number of benzene rings is 2. The molecule has 2 aliphatic heterocycles. The highest BCUT2D eigenvalue weighted by Gasteiger charge is 2.76. The Morgan fingerprint density at radius 2 is 1.95 bits per heavy atom. The van der Waals surface area contributed by atoms with Crippen LogP contribution in [0.1, 0.15) is 53.6 Å². The molecule has 2 unspecified atom stereocenters. The average molecular weight is 523 g/mol. The first-order chi connectivity index (χ1) is 18.2. The lowest BCUT2D eigenvalue weighted by atomic mass is 9.48. The fourth-order valence-corrected chi connectivity index (χ4v) is 8.13. The van der Waals surface area contributed by atoms with Crippen LogP contribution in [0.3, 0.4) is 0 Å². The van der Waals surface area contributed by atoms with Crippen molar-refractivity contribution in [1.82, 2.24) is 5.32 Å². The van der Waals surface area contributed by atoms with Crippen LogP contribution in [-0.2, 0) is 11.8 Å². The molecule has 2 aromatic carbocycles. The topological polar surface area (TPSA) is 120 Å². The van der Waals surface area contributed by atoms with Gasteiger partial charge >= 0.3 is 0 Å². The van der Waals surface area contributed by atoms with Crippen molar-refractivity contribution in [1.29, 1.82) is 0 Å². The summed E-state index contributed by atoms with van der Waals surface area (Å²) in [5.41, 5.74) is 0.0935. The Morgan fingerprint density at radius 1 is 1.16 bits per heavy atom. The van der Waals surface area contributed by atoms with Gasteiger partial charge in [-0.05, 0) is 55.5 Å². The molecule has 1 spiro atoms. The van der Waals surface area contributed by atoms with E-state index in [4.69, 9.17) is 14.2 Å². The monoisotopic (exact) mass is 522 g/mol. The number of amides is 1. The molecular weight excluding hydrogens is 488 g/mol. The second-order valence-corrected chi connectivity index (χ2v) is 11.8. The molecule has 1 saturated heterocycles. The summed E-state index contributed by atoms with van der Waals surface area (Å²) in [4.78, 5) is 13.4. The molecule has 2 heterocycles. The van der Waals surface area contributed by atoms with Gasteiger partial charge in [0.05, 0.1) is 38.8 Å². The van der Waals surface area contributed by atoms with Gasteiger partial charge in [-0.1, -0.05) is 6.07 Å². The normalized spacial score (nSPS) is 36.2. The van der Waals surface area contributed by atoms with Gasteiger partial charge in [0, 0.05) is 29.9 Å². The third kappa shape index (κ3) is 3.06. The molecule has 202 valence electrons. The minimum atomic E-state index is -1.27. The largest absolute Gasteiger partial charge is 0.632 e. The molecule has 3 fully saturated rings. The number of hydroxylamine groups is 3. The lowest BCUT2D eigenvalue weighted by Gasteiger charge is -2.68. The van der Waals surface area contributed by atoms with Crippen molar-refractivity contribution in [2.24, 2.45) is 5.92 Å². The molecule has 0 aromatic heterocycles. The lowest BCUT2D eigenvalue weighted by Crippen LogP contribution is -2.81. The number of phenols is 1. The van der Waals surface area contributed by atoms with E-state index < -0.39 is 29.2 Å². The molecule has 9 heteroatoms. The van der Waals surface area contributed by atoms with Crippen LogP contribution in [0, 0.1) is 11.1 Å². The van der Waals surface area contributed by atoms with Crippen molar-refractivity contribution >= 4 is 5.91 Å². The van der Waals surface area contributed by atoms with Gasteiger partial charge in [0.1, 0.15) is 17.7 Å². The molecule has 2 saturated carbocycles. The van der Waals surface area contributed by atoms with E-state index >= 15 is 0 Å². The predicted octanol–water partition coefficient (Wildman–Crippen LogP) is 2.78. The summed E-state index contributed by atoms with van der Waals surface area (Å²) < 4.78 is 16.8. The second-order valence-electron chi connectivity index (χ2n) is 11.8. The number of nitrogens with one attached hydrogen (secondary N) is 1. The summed E-state index contributed by atoms with van der Waals surface area (Å²) in [5, 5.41) is 40.8. The molecule has 2 aromatic rings. The molecule has 3 aliphatic carbocycles. The van der Waals surface area contributed by atoms with Crippen LogP contribution in [0.5, 0.6) is 23.0 Å². The number of hydrogen-bond acceptors (Lipinski definition) is 7. The van der Waals surface area contributed by atoms with Crippen LogP contribution < -0.4 is 19.5 Å². The standard InChI is InChI=1S/C29H34N2O7/c1-36-21-8-6-18(13-22(21)37-2)27(33)30-19-9-10-29(34)23-14-17-5-7-20(32)25-24(17)28(29,26(19)38-25)11-12-31(23,35)15-16-3-4-16/h5-8,13,16,19,23,26,32,34H,3-4,9-12,14-15H2,1-2H3,(H,30,33)/t19-,23+,26-,28?,29+,31?/m0/s1. The number of piperidine rings is 1. The van der Waals surface area contributed by atoms with Gasteiger partial charge in [-0.25, -0.2) is 0 Å². The number of ether oxygens (including phenoxy) is 3. The van der Waals surface area contributed by atoms with E-state index in [0.717, 1.165) is 24.0 Å². The van der Waals surface area contributed by atoms with Gasteiger partial charge in [-0.3, -0.25) is 4.79 Å². The fraction of sp³-hybridized carbons (Fsp3) is 0.552. The van der Waals surface area contributed by atoms with Gasteiger partial charge in [0.2, 0.25) is 0 Å². The van der Waals surface area contributed by atoms with Crippen molar-refractivity contribution in [3.8, 4) is 23.0 Å². The van der Waals surface area contributed by atoms with Crippen LogP contribution in [0.25, 0.3) is 0 Å². The molecule has 5 aliphatic rings. The van der Waals surface area contributed by atoms with Crippen LogP contribution in [0.4, 0.5) is 0 Å². The van der Waals surface area contributed by atoms with Crippen molar-refractivity contribution in [3.63, 3.8) is 0 Å². The number of rotatable bonds is 6. The predicted molar refractivity (Wildman–Crippen MR) is 137 cm³/mol. The van der Waals surface area contributed by atoms with Crippen LogP contribution in [0.2, 0.25) is 0 Å². The average Bonchev–Trinajstić information content (AvgIpc) is 3.64. The van der Waals surface area contributed by atoms with E-state index in [-0.39, 0.29) is 16.3 Å². The summed E-state index contributed by atoms with van der Waals surface area (Å²) in [5.74, 6) is 1.57. The Bertz CT molecular complexity index is 1330. The fourth-order valence-electron chi connectivity index (χ4n) is 8.13. The third-order valence-corrected chi connectivity index (χ3v) is 10.0. The van der Waals surface area contributed by atoms with Crippen LogP contribution >= 0.6 is 0 Å². The number of aromatic hydroxyl groups is 1. The number of aliphatic hydroxyl groups is 1. The number of nitrogens with zero attached hydrogens (tertiary/aromatic N) is 1. The molecule has 0 radical (unpaired) electrons. The number of hydrogen-bond donors (Lipinski definition) is 3. The van der Waals surface area contributed by atoms with E-state index in [0.29, 0.717) is 67.5 Å². The van der Waals surface area contributed by atoms with E-state index in [9.17, 15) is 20.2 Å². The number of methoxy groups -OCH3 is 2. The first-order valence-electron chi connectivity index (χ1n) is 13.6. The maximum atomic E-state index is 14.3. The molecular formula is C29H34N2O7. The van der Waals surface area contributed by atoms with Gasteiger partial charge in [-0.2, -0.15) is 0 Å². The zero-order valence-electron chi connectivity index (χ0n) is 21.7. The highest BCUT2D eigenvalue weighted by atomic mass is 16.6. The molecule has 3 N–H and O–H groups in total. The lowest BCUT2D eigenvalue weighted by molar-refractivity contribution is -0.924. The molecule has 6 atom stereocenters. The maximum absolute atomic E-state index is 14.3. The molecule has 2 bridgehead atoms. The minimum Gasteiger partial charge on any atom is -0.632 e. The second kappa shape index (κ2) is 8.00. The molecule has 38 heavy (non-hydrogen) atoms. The Hall–Kier alpha value is -3.01. The van der Waals surface area contributed by atoms with Crippen LogP contribution in [0.15, 0.2) is 30.3 Å². The first-order valence-corrected chi connectivity index (χ1v) is 13.6. The number of likely N-dealkylation sites (tertiary alicyclic amines) is 1. The highest BCUT2D eigenvalue weighted by molar-refractivity contribution is 5.95. The number of carbonyl (C=O) groups excluding carboxylic acids is 1. The van der Waals surface area contributed by atoms with Crippen molar-refractivity contribution in [3.05, 3.63) is 52.2 Å². The Kier molecular flexibility index (Phi) is 5.07. The minimum absolute atomic E-state index is 0.0322. The van der Waals surface area contributed by atoms with E-state index in [2.05, 4.69) is 5.32 Å². The summed E-state index contributed by atoms with van der Waals surface area (Å²) in [6.45, 7) is 0.947. The highest BCUT2D eigenvalue weighted by Crippen LogP contribution is 2.66. The zero-order valence-corrected chi connectivity index (χ0v) is 21.7. The third-order valence-electron chi connectivity index (χ3n) is 10.0. The smallest absolute Gasteiger partial charge is 0.251 e. The molecule has 7 rings (SSSR count). The summed E-state index contributed by atoms with van der Waals surface area (Å²) in [7, 11) is 3.06. The Labute approximate surface area is 221 Å².